The van der Waals surface area contributed by atoms with Gasteiger partial charge in [0.15, 0.2) is 0 Å². The number of rotatable bonds is 3. The van der Waals surface area contributed by atoms with Gasteiger partial charge in [-0.3, -0.25) is 0 Å². The fourth-order valence-electron chi connectivity index (χ4n) is 4.74. The average Bonchev–Trinajstić information content (AvgIpc) is 2.72. The molecule has 0 radical (unpaired) electrons. The number of hydrogen-bond donors (Lipinski definition) is 2. The average molecular weight is 401 g/mol. The molecule has 2 unspecified atom stereocenters. The number of para-hydroxylation sites is 1. The summed E-state index contributed by atoms with van der Waals surface area (Å²) < 4.78 is 0. The van der Waals surface area contributed by atoms with Crippen molar-refractivity contribution in [3.8, 4) is 28.0 Å². The van der Waals surface area contributed by atoms with Crippen molar-refractivity contribution in [1.82, 2.24) is 0 Å². The Morgan fingerprint density at radius 1 is 0.933 bits per heavy atom. The van der Waals surface area contributed by atoms with E-state index in [1.165, 1.54) is 11.1 Å². The van der Waals surface area contributed by atoms with E-state index < -0.39 is 5.97 Å². The third-order valence-corrected chi connectivity index (χ3v) is 7.01. The predicted molar refractivity (Wildman–Crippen MR) is 121 cm³/mol. The molecule has 1 aliphatic carbocycles. The molecule has 1 aliphatic rings. The van der Waals surface area contributed by atoms with Crippen molar-refractivity contribution in [1.29, 1.82) is 0 Å². The first-order valence-corrected chi connectivity index (χ1v) is 10.5. The minimum absolute atomic E-state index is 0.135. The highest BCUT2D eigenvalue weighted by Gasteiger charge is 2.36. The van der Waals surface area contributed by atoms with E-state index in [-0.39, 0.29) is 16.7 Å². The number of carboxylic acid groups (broad SMARTS) is 1. The Hall–Kier alpha value is -3.07. The van der Waals surface area contributed by atoms with Crippen LogP contribution in [0.25, 0.3) is 22.3 Å². The van der Waals surface area contributed by atoms with Gasteiger partial charge in [0.1, 0.15) is 5.75 Å². The van der Waals surface area contributed by atoms with Gasteiger partial charge in [0.25, 0.3) is 0 Å². The summed E-state index contributed by atoms with van der Waals surface area (Å²) in [5.41, 5.74) is 6.42. The zero-order chi connectivity index (χ0) is 21.6. The molecule has 0 spiro atoms. The summed E-state index contributed by atoms with van der Waals surface area (Å²) in [6, 6.07) is 18.9. The lowest BCUT2D eigenvalue weighted by atomic mass is 9.63. The maximum absolute atomic E-state index is 11.1. The molecule has 3 nitrogen and oxygen atoms in total. The van der Waals surface area contributed by atoms with Crippen LogP contribution in [0.5, 0.6) is 5.75 Å². The van der Waals surface area contributed by atoms with Gasteiger partial charge in [0.2, 0.25) is 0 Å². The minimum Gasteiger partial charge on any atom is -0.507 e. The Labute approximate surface area is 178 Å². The molecule has 0 saturated carbocycles. The standard InChI is InChI=1S/C27H28O3/c1-16-14-17(2)27(3,4)24-13-12-20(15-23(16)24)22-7-5-6-21(25(22)28)18-8-10-19(11-9-18)26(29)30/h5-13,15-17,28H,14H2,1-4H3,(H,29,30). The van der Waals surface area contributed by atoms with Crippen molar-refractivity contribution in [3.05, 3.63) is 77.4 Å². The summed E-state index contributed by atoms with van der Waals surface area (Å²) in [6.07, 6.45) is 1.16. The summed E-state index contributed by atoms with van der Waals surface area (Å²) >= 11 is 0. The molecule has 4 rings (SSSR count). The number of fused-ring (bicyclic) bond motifs is 1. The van der Waals surface area contributed by atoms with Crippen molar-refractivity contribution in [2.75, 3.05) is 0 Å². The first-order valence-electron chi connectivity index (χ1n) is 10.5. The van der Waals surface area contributed by atoms with Crippen LogP contribution in [0.4, 0.5) is 0 Å². The Morgan fingerprint density at radius 2 is 1.53 bits per heavy atom. The molecule has 154 valence electrons. The quantitative estimate of drug-likeness (QED) is 0.506. The van der Waals surface area contributed by atoms with Gasteiger partial charge in [0, 0.05) is 11.1 Å². The second kappa shape index (κ2) is 7.32. The molecule has 0 aromatic heterocycles. The van der Waals surface area contributed by atoms with Crippen LogP contribution in [0.1, 0.15) is 61.5 Å². The molecule has 3 heteroatoms. The second-order valence-corrected chi connectivity index (χ2v) is 9.15. The highest BCUT2D eigenvalue weighted by molar-refractivity contribution is 5.89. The van der Waals surface area contributed by atoms with Gasteiger partial charge in [-0.25, -0.2) is 4.79 Å². The van der Waals surface area contributed by atoms with Crippen molar-refractivity contribution in [3.63, 3.8) is 0 Å². The van der Waals surface area contributed by atoms with E-state index in [0.29, 0.717) is 17.4 Å². The maximum Gasteiger partial charge on any atom is 0.335 e. The van der Waals surface area contributed by atoms with Crippen LogP contribution >= 0.6 is 0 Å². The van der Waals surface area contributed by atoms with Crippen molar-refractivity contribution in [2.45, 2.75) is 45.4 Å². The summed E-state index contributed by atoms with van der Waals surface area (Å²) in [4.78, 5) is 11.1. The van der Waals surface area contributed by atoms with E-state index in [1.807, 2.05) is 18.2 Å². The largest absolute Gasteiger partial charge is 0.507 e. The van der Waals surface area contributed by atoms with E-state index in [9.17, 15) is 9.90 Å². The first-order chi connectivity index (χ1) is 14.2. The van der Waals surface area contributed by atoms with Gasteiger partial charge in [-0.2, -0.15) is 0 Å². The third kappa shape index (κ3) is 3.28. The normalized spacial score (nSPS) is 19.9. The molecule has 0 amide bonds. The molecule has 0 aliphatic heterocycles. The van der Waals surface area contributed by atoms with Crippen LogP contribution in [0.2, 0.25) is 0 Å². The van der Waals surface area contributed by atoms with Crippen molar-refractivity contribution >= 4 is 5.97 Å². The van der Waals surface area contributed by atoms with Gasteiger partial charge in [0.05, 0.1) is 5.56 Å². The van der Waals surface area contributed by atoms with Crippen LogP contribution in [0.3, 0.4) is 0 Å². The number of hydrogen-bond acceptors (Lipinski definition) is 2. The van der Waals surface area contributed by atoms with Crippen molar-refractivity contribution in [2.24, 2.45) is 5.92 Å². The van der Waals surface area contributed by atoms with Crippen LogP contribution in [-0.4, -0.2) is 16.2 Å². The SMILES string of the molecule is CC1CC(C)C(C)(C)c2ccc(-c3cccc(-c4ccc(C(=O)O)cc4)c3O)cc21. The van der Waals surface area contributed by atoms with Crippen LogP contribution < -0.4 is 0 Å². The van der Waals surface area contributed by atoms with Gasteiger partial charge < -0.3 is 10.2 Å². The highest BCUT2D eigenvalue weighted by Crippen LogP contribution is 2.48. The number of carbonyl (C=O) groups is 1. The molecule has 0 bridgehead atoms. The highest BCUT2D eigenvalue weighted by atomic mass is 16.4. The minimum atomic E-state index is -0.958. The number of carboxylic acids is 1. The zero-order valence-corrected chi connectivity index (χ0v) is 17.9. The van der Waals surface area contributed by atoms with E-state index in [2.05, 4.69) is 45.9 Å². The molecule has 0 saturated heterocycles. The van der Waals surface area contributed by atoms with Crippen LogP contribution in [0.15, 0.2) is 60.7 Å². The van der Waals surface area contributed by atoms with Gasteiger partial charge in [-0.05, 0) is 58.1 Å². The van der Waals surface area contributed by atoms with E-state index in [1.54, 1.807) is 24.3 Å². The van der Waals surface area contributed by atoms with E-state index >= 15 is 0 Å². The molecule has 3 aromatic rings. The molecular formula is C27H28O3. The Kier molecular flexibility index (Phi) is 4.93. The molecule has 0 heterocycles. The molecule has 30 heavy (non-hydrogen) atoms. The number of aromatic carboxylic acids is 1. The lowest BCUT2D eigenvalue weighted by Gasteiger charge is -2.41. The van der Waals surface area contributed by atoms with Crippen molar-refractivity contribution < 1.29 is 15.0 Å². The van der Waals surface area contributed by atoms with E-state index in [4.69, 9.17) is 5.11 Å². The third-order valence-electron chi connectivity index (χ3n) is 7.01. The fourth-order valence-corrected chi connectivity index (χ4v) is 4.74. The van der Waals surface area contributed by atoms with Gasteiger partial charge in [-0.15, -0.1) is 0 Å². The second-order valence-electron chi connectivity index (χ2n) is 9.15. The zero-order valence-electron chi connectivity index (χ0n) is 17.9. The lowest BCUT2D eigenvalue weighted by Crippen LogP contribution is -2.33. The summed E-state index contributed by atoms with van der Waals surface area (Å²) in [5.74, 6) is 0.366. The predicted octanol–water partition coefficient (Wildman–Crippen LogP) is 6.85. The molecule has 2 atom stereocenters. The summed E-state index contributed by atoms with van der Waals surface area (Å²) in [7, 11) is 0. The number of benzene rings is 3. The maximum atomic E-state index is 11.1. The summed E-state index contributed by atoms with van der Waals surface area (Å²) in [5, 5.41) is 20.2. The smallest absolute Gasteiger partial charge is 0.335 e. The Balaban J connectivity index is 1.78. The van der Waals surface area contributed by atoms with Crippen LogP contribution in [0, 0.1) is 5.92 Å². The monoisotopic (exact) mass is 400 g/mol. The molecule has 2 N–H and O–H groups in total. The Bertz CT molecular complexity index is 1110. The number of phenols is 1. The fraction of sp³-hybridized carbons (Fsp3) is 0.296. The molecule has 0 fully saturated rings. The lowest BCUT2D eigenvalue weighted by molar-refractivity contribution is 0.0697. The van der Waals surface area contributed by atoms with Crippen LogP contribution in [-0.2, 0) is 5.41 Å². The number of phenolic OH excluding ortho intramolecular Hbond substituents is 1. The van der Waals surface area contributed by atoms with E-state index in [0.717, 1.165) is 23.1 Å². The first kappa shape index (κ1) is 20.2. The van der Waals surface area contributed by atoms with Gasteiger partial charge in [-0.1, -0.05) is 76.2 Å². The molecule has 3 aromatic carbocycles. The van der Waals surface area contributed by atoms with Gasteiger partial charge >= 0.3 is 5.97 Å². The Morgan fingerprint density at radius 3 is 2.17 bits per heavy atom. The topological polar surface area (TPSA) is 57.5 Å². The summed E-state index contributed by atoms with van der Waals surface area (Å²) in [6.45, 7) is 9.26. The molecular weight excluding hydrogens is 372 g/mol. The number of aromatic hydroxyl groups is 1.